The van der Waals surface area contributed by atoms with Crippen molar-refractivity contribution < 1.29 is 0 Å². The van der Waals surface area contributed by atoms with Crippen LogP contribution in [0.15, 0.2) is 256 Å². The highest BCUT2D eigenvalue weighted by atomic mass is 15.2. The molecule has 88 heavy (non-hydrogen) atoms. The third kappa shape index (κ3) is 8.68. The van der Waals surface area contributed by atoms with Crippen molar-refractivity contribution in [3.63, 3.8) is 0 Å². The Bertz CT molecular complexity index is 4700. The lowest BCUT2D eigenvalue weighted by atomic mass is 9.88. The summed E-state index contributed by atoms with van der Waals surface area (Å²) in [7, 11) is 0. The summed E-state index contributed by atoms with van der Waals surface area (Å²) in [5.41, 5.74) is 19.6. The van der Waals surface area contributed by atoms with Crippen LogP contribution in [-0.4, -0.2) is 39.9 Å². The molecule has 4 heterocycles. The van der Waals surface area contributed by atoms with Gasteiger partial charge in [-0.3, -0.25) is 0 Å². The molecule has 4 aromatic heterocycles. The van der Waals surface area contributed by atoms with E-state index in [9.17, 15) is 0 Å². The number of hydrogen-bond donors (Lipinski definition) is 0. The maximum atomic E-state index is 4.73. The normalized spacial score (nSPS) is 11.6. The molecule has 16 rings (SSSR count). The molecule has 12 aromatic carbocycles. The van der Waals surface area contributed by atoms with E-state index in [0.29, 0.717) is 0 Å². The van der Waals surface area contributed by atoms with Gasteiger partial charge in [0.15, 0.2) is 0 Å². The lowest BCUT2D eigenvalue weighted by Crippen LogP contribution is -2.17. The maximum absolute atomic E-state index is 4.73. The van der Waals surface area contributed by atoms with Crippen LogP contribution < -0.4 is 19.6 Å². The monoisotopic (exact) mass is 1130 g/mol. The van der Waals surface area contributed by atoms with Gasteiger partial charge < -0.3 is 19.6 Å². The van der Waals surface area contributed by atoms with Gasteiger partial charge in [-0.1, -0.05) is 97.1 Å². The van der Waals surface area contributed by atoms with Crippen LogP contribution in [0.4, 0.5) is 68.2 Å². The van der Waals surface area contributed by atoms with Crippen LogP contribution in [0.25, 0.3) is 75.9 Å². The van der Waals surface area contributed by atoms with E-state index >= 15 is 0 Å². The van der Waals surface area contributed by atoms with Crippen molar-refractivity contribution in [1.29, 1.82) is 0 Å². The molecule has 12 heteroatoms. The molecule has 0 amide bonds. The summed E-state index contributed by atoms with van der Waals surface area (Å²) >= 11 is 0. The number of para-hydroxylation sites is 4. The first-order chi connectivity index (χ1) is 43.3. The van der Waals surface area contributed by atoms with Crippen molar-refractivity contribution in [3.05, 3.63) is 279 Å². The second-order valence-corrected chi connectivity index (χ2v) is 22.5. The van der Waals surface area contributed by atoms with Gasteiger partial charge in [-0.2, -0.15) is 0 Å². The zero-order chi connectivity index (χ0) is 59.0. The van der Waals surface area contributed by atoms with Gasteiger partial charge in [0.1, 0.15) is 25.3 Å². The highest BCUT2D eigenvalue weighted by Gasteiger charge is 2.31. The smallest absolute Gasteiger partial charge is 0.116 e. The average Bonchev–Trinajstić information content (AvgIpc) is 0.733. The van der Waals surface area contributed by atoms with E-state index < -0.39 is 0 Å². The molecule has 0 saturated heterocycles. The maximum Gasteiger partial charge on any atom is 0.116 e. The highest BCUT2D eigenvalue weighted by Crippen LogP contribution is 2.56. The van der Waals surface area contributed by atoms with Crippen molar-refractivity contribution in [1.82, 2.24) is 39.9 Å². The molecule has 0 saturated carbocycles. The summed E-state index contributed by atoms with van der Waals surface area (Å²) in [5, 5.41) is 10.1. The van der Waals surface area contributed by atoms with Crippen molar-refractivity contribution >= 4 is 144 Å². The summed E-state index contributed by atoms with van der Waals surface area (Å²) in [6.45, 7) is 8.71. The highest BCUT2D eigenvalue weighted by molar-refractivity contribution is 6.33. The summed E-state index contributed by atoms with van der Waals surface area (Å²) in [6, 6.07) is 74.7. The molecule has 0 unspecified atom stereocenters. The number of benzene rings is 12. The molecular formula is C76H54N12. The van der Waals surface area contributed by atoms with Crippen molar-refractivity contribution in [2.24, 2.45) is 0 Å². The molecule has 0 aliphatic carbocycles. The van der Waals surface area contributed by atoms with Gasteiger partial charge in [0.2, 0.25) is 0 Å². The van der Waals surface area contributed by atoms with Crippen molar-refractivity contribution in [3.8, 4) is 0 Å². The van der Waals surface area contributed by atoms with Gasteiger partial charge >= 0.3 is 0 Å². The fourth-order valence-corrected chi connectivity index (χ4v) is 13.1. The fourth-order valence-electron chi connectivity index (χ4n) is 13.1. The lowest BCUT2D eigenvalue weighted by molar-refractivity contribution is 1.20. The number of aromatic nitrogens is 8. The molecule has 0 radical (unpaired) electrons. The number of anilines is 12. The Labute approximate surface area is 507 Å². The molecule has 12 nitrogen and oxygen atoms in total. The van der Waals surface area contributed by atoms with Gasteiger partial charge in [0.05, 0.1) is 44.8 Å². The number of aryl methyl sites for hydroxylation is 4. The fraction of sp³-hybridized carbons (Fsp3) is 0.0526. The zero-order valence-corrected chi connectivity index (χ0v) is 48.6. The van der Waals surface area contributed by atoms with Crippen LogP contribution in [0.1, 0.15) is 22.3 Å². The van der Waals surface area contributed by atoms with Crippen molar-refractivity contribution in [2.75, 3.05) is 19.6 Å². The Morgan fingerprint density at radius 1 is 0.239 bits per heavy atom. The molecule has 16 aromatic rings. The van der Waals surface area contributed by atoms with E-state index in [0.717, 1.165) is 166 Å². The Morgan fingerprint density at radius 2 is 0.466 bits per heavy atom. The quantitative estimate of drug-likeness (QED) is 0.108. The Hall–Kier alpha value is -11.8. The largest absolute Gasteiger partial charge is 0.310 e. The second-order valence-electron chi connectivity index (χ2n) is 22.5. The minimum absolute atomic E-state index is 0.876. The topological polar surface area (TPSA) is 116 Å². The second kappa shape index (κ2) is 21.1. The standard InChI is InChI=1S/C76H54N12/c1-47-29-63-51(39-77-43-81-63)33-67(47)85(55-17-9-5-10-18-55)71-37-72(86(56-19-11-6-12-20-56)68-34-52-40-78-44-82-64(52)30-48(68)2)60-27-28-62-74(88(58-23-15-8-16-24-58)70-36-54-42-80-46-84-66(54)32-50(70)4)38-73(61-26-25-59(71)75(60)76(61)62)87(57-21-13-7-14-22-57)69-35-53-41-79-45-83-65(53)31-49(69)3/h5-46H,1-4H3. The molecule has 0 fully saturated rings. The summed E-state index contributed by atoms with van der Waals surface area (Å²) in [5.74, 6) is 0. The first kappa shape index (κ1) is 51.8. The zero-order valence-electron chi connectivity index (χ0n) is 48.6. The first-order valence-electron chi connectivity index (χ1n) is 29.3. The molecule has 0 bridgehead atoms. The minimum Gasteiger partial charge on any atom is -0.310 e. The van der Waals surface area contributed by atoms with Crippen LogP contribution in [0.3, 0.4) is 0 Å². The van der Waals surface area contributed by atoms with Gasteiger partial charge in [-0.25, -0.2) is 39.9 Å². The van der Waals surface area contributed by atoms with Crippen LogP contribution in [-0.2, 0) is 0 Å². The predicted octanol–water partition coefficient (Wildman–Crippen LogP) is 19.5. The van der Waals surface area contributed by atoms with Crippen LogP contribution in [0.2, 0.25) is 0 Å². The van der Waals surface area contributed by atoms with E-state index in [-0.39, 0.29) is 0 Å². The first-order valence-corrected chi connectivity index (χ1v) is 29.3. The number of fused-ring (bicyclic) bond motifs is 4. The van der Waals surface area contributed by atoms with Crippen LogP contribution in [0, 0.1) is 27.7 Å². The lowest BCUT2D eigenvalue weighted by Gasteiger charge is -2.35. The van der Waals surface area contributed by atoms with E-state index in [4.69, 9.17) is 19.9 Å². The van der Waals surface area contributed by atoms with E-state index in [1.807, 2.05) is 24.8 Å². The minimum atomic E-state index is 0.876. The molecule has 0 N–H and O–H groups in total. The number of rotatable bonds is 12. The Kier molecular flexibility index (Phi) is 12.4. The van der Waals surface area contributed by atoms with Crippen LogP contribution in [0.5, 0.6) is 0 Å². The van der Waals surface area contributed by atoms with Gasteiger partial charge in [0.25, 0.3) is 0 Å². The third-order valence-electron chi connectivity index (χ3n) is 17.1. The molecule has 418 valence electrons. The van der Waals surface area contributed by atoms with Crippen LogP contribution >= 0.6 is 0 Å². The molecular weight excluding hydrogens is 1080 g/mol. The molecule has 0 aliphatic heterocycles. The average molecular weight is 1140 g/mol. The molecule has 0 atom stereocenters. The Morgan fingerprint density at radius 3 is 0.693 bits per heavy atom. The van der Waals surface area contributed by atoms with E-state index in [1.165, 1.54) is 0 Å². The van der Waals surface area contributed by atoms with E-state index in [2.05, 4.69) is 273 Å². The SMILES string of the molecule is Cc1cc2ncncc2cc1N(c1ccccc1)c1cc(N(c2ccccc2)c2cc3cncnc3cc2C)c2ccc3c(N(c4ccccc4)c4cc5cncnc5cc4C)cc(N(c4ccccc4)c4cc5cncnc5cc4C)c4ccc1c2c43. The van der Waals surface area contributed by atoms with Gasteiger partial charge in [0, 0.05) is 124 Å². The third-order valence-corrected chi connectivity index (χ3v) is 17.1. The van der Waals surface area contributed by atoms with Crippen molar-refractivity contribution in [2.45, 2.75) is 27.7 Å². The number of hydrogen-bond acceptors (Lipinski definition) is 12. The molecule has 0 aliphatic rings. The molecule has 0 spiro atoms. The Balaban J connectivity index is 1.11. The van der Waals surface area contributed by atoms with Gasteiger partial charge in [-0.05, 0) is 159 Å². The van der Waals surface area contributed by atoms with E-state index in [1.54, 1.807) is 25.3 Å². The predicted molar refractivity (Wildman–Crippen MR) is 360 cm³/mol. The number of nitrogens with zero attached hydrogens (tertiary/aromatic N) is 12. The summed E-state index contributed by atoms with van der Waals surface area (Å²) in [4.78, 5) is 46.8. The summed E-state index contributed by atoms with van der Waals surface area (Å²) in [6.07, 6.45) is 14.1. The summed E-state index contributed by atoms with van der Waals surface area (Å²) < 4.78 is 0. The van der Waals surface area contributed by atoms with Gasteiger partial charge in [-0.15, -0.1) is 0 Å².